The molecule has 1 aromatic rings. The van der Waals surface area contributed by atoms with E-state index in [0.717, 1.165) is 5.56 Å². The number of carbonyl (C=O) groups is 2. The quantitative estimate of drug-likeness (QED) is 0.801. The standard InChI is InChI=1S/C17H23NO5/c1-3-14(23-13-6-4-5-12(2)9-13)16(21)18-17(10-15(19)20)7-8-22-11-17/h4-6,9,14H,3,7-8,10-11H2,1-2H3,(H,18,21)(H,19,20). The molecule has 1 fully saturated rings. The van der Waals surface area contributed by atoms with Gasteiger partial charge in [-0.3, -0.25) is 9.59 Å². The number of amides is 1. The zero-order valence-corrected chi connectivity index (χ0v) is 13.5. The third-order valence-corrected chi connectivity index (χ3v) is 3.91. The number of carboxylic acid groups (broad SMARTS) is 1. The third-order valence-electron chi connectivity index (χ3n) is 3.91. The zero-order chi connectivity index (χ0) is 16.9. The molecule has 23 heavy (non-hydrogen) atoms. The van der Waals surface area contributed by atoms with Gasteiger partial charge in [0.25, 0.3) is 5.91 Å². The average Bonchev–Trinajstić information content (AvgIpc) is 2.91. The van der Waals surface area contributed by atoms with Gasteiger partial charge in [-0.25, -0.2) is 0 Å². The van der Waals surface area contributed by atoms with Gasteiger partial charge in [0, 0.05) is 6.61 Å². The number of ether oxygens (including phenoxy) is 2. The summed E-state index contributed by atoms with van der Waals surface area (Å²) in [4.78, 5) is 23.6. The van der Waals surface area contributed by atoms with Crippen LogP contribution in [0.3, 0.4) is 0 Å². The van der Waals surface area contributed by atoms with Crippen LogP contribution in [0.2, 0.25) is 0 Å². The molecule has 2 unspecified atom stereocenters. The molecule has 1 amide bonds. The minimum absolute atomic E-state index is 0.153. The van der Waals surface area contributed by atoms with E-state index in [9.17, 15) is 9.59 Å². The van der Waals surface area contributed by atoms with Crippen molar-refractivity contribution in [1.29, 1.82) is 0 Å². The van der Waals surface area contributed by atoms with Gasteiger partial charge in [-0.05, 0) is 37.5 Å². The van der Waals surface area contributed by atoms with Crippen molar-refractivity contribution >= 4 is 11.9 Å². The van der Waals surface area contributed by atoms with Crippen molar-refractivity contribution in [2.24, 2.45) is 0 Å². The molecule has 2 rings (SSSR count). The summed E-state index contributed by atoms with van der Waals surface area (Å²) >= 11 is 0. The van der Waals surface area contributed by atoms with Crippen molar-refractivity contribution in [3.63, 3.8) is 0 Å². The van der Waals surface area contributed by atoms with Gasteiger partial charge in [-0.1, -0.05) is 19.1 Å². The second kappa shape index (κ2) is 7.46. The van der Waals surface area contributed by atoms with Crippen LogP contribution in [0.15, 0.2) is 24.3 Å². The lowest BCUT2D eigenvalue weighted by Crippen LogP contribution is -2.54. The highest BCUT2D eigenvalue weighted by Crippen LogP contribution is 2.24. The molecule has 0 radical (unpaired) electrons. The molecule has 6 nitrogen and oxygen atoms in total. The maximum absolute atomic E-state index is 12.5. The molecule has 0 bridgehead atoms. The van der Waals surface area contributed by atoms with Gasteiger partial charge in [0.1, 0.15) is 5.75 Å². The maximum atomic E-state index is 12.5. The van der Waals surface area contributed by atoms with Crippen LogP contribution in [0, 0.1) is 6.92 Å². The van der Waals surface area contributed by atoms with Crippen molar-refractivity contribution in [1.82, 2.24) is 5.32 Å². The minimum atomic E-state index is -0.955. The number of aliphatic carboxylic acids is 1. The van der Waals surface area contributed by atoms with Crippen molar-refractivity contribution in [2.75, 3.05) is 13.2 Å². The number of aryl methyl sites for hydroxylation is 1. The summed E-state index contributed by atoms with van der Waals surface area (Å²) in [5.41, 5.74) is 0.205. The molecular weight excluding hydrogens is 298 g/mol. The number of nitrogens with one attached hydrogen (secondary N) is 1. The number of rotatable bonds is 7. The molecule has 1 aromatic carbocycles. The Morgan fingerprint density at radius 2 is 2.26 bits per heavy atom. The van der Waals surface area contributed by atoms with Crippen molar-refractivity contribution < 1.29 is 24.2 Å². The molecule has 0 aromatic heterocycles. The molecular formula is C17H23NO5. The van der Waals surface area contributed by atoms with E-state index in [0.29, 0.717) is 25.2 Å². The number of hydrogen-bond donors (Lipinski definition) is 2. The van der Waals surface area contributed by atoms with E-state index in [1.165, 1.54) is 0 Å². The van der Waals surface area contributed by atoms with Gasteiger partial charge in [0.05, 0.1) is 18.6 Å². The highest BCUT2D eigenvalue weighted by Gasteiger charge is 2.40. The molecule has 2 atom stereocenters. The summed E-state index contributed by atoms with van der Waals surface area (Å²) < 4.78 is 11.1. The molecule has 2 N–H and O–H groups in total. The fraction of sp³-hybridized carbons (Fsp3) is 0.529. The predicted molar refractivity (Wildman–Crippen MR) is 84.4 cm³/mol. The van der Waals surface area contributed by atoms with E-state index < -0.39 is 17.6 Å². The van der Waals surface area contributed by atoms with Gasteiger partial charge in [-0.15, -0.1) is 0 Å². The van der Waals surface area contributed by atoms with Crippen LogP contribution in [-0.4, -0.2) is 41.8 Å². The van der Waals surface area contributed by atoms with Crippen molar-refractivity contribution in [2.45, 2.75) is 44.8 Å². The highest BCUT2D eigenvalue weighted by molar-refractivity contribution is 5.82. The summed E-state index contributed by atoms with van der Waals surface area (Å²) in [5, 5.41) is 11.9. The summed E-state index contributed by atoms with van der Waals surface area (Å²) in [6.45, 7) is 4.47. The molecule has 1 aliphatic heterocycles. The monoisotopic (exact) mass is 321 g/mol. The maximum Gasteiger partial charge on any atom is 0.305 e. The Hall–Kier alpha value is -2.08. The van der Waals surface area contributed by atoms with Gasteiger partial charge in [0.2, 0.25) is 0 Å². The van der Waals surface area contributed by atoms with E-state index >= 15 is 0 Å². The first-order valence-corrected chi connectivity index (χ1v) is 7.79. The second-order valence-corrected chi connectivity index (χ2v) is 5.97. The van der Waals surface area contributed by atoms with Crippen LogP contribution in [0.5, 0.6) is 5.75 Å². The highest BCUT2D eigenvalue weighted by atomic mass is 16.5. The zero-order valence-electron chi connectivity index (χ0n) is 13.5. The van der Waals surface area contributed by atoms with E-state index in [1.54, 1.807) is 6.07 Å². The van der Waals surface area contributed by atoms with Gasteiger partial charge in [-0.2, -0.15) is 0 Å². The van der Waals surface area contributed by atoms with E-state index in [2.05, 4.69) is 5.32 Å². The van der Waals surface area contributed by atoms with Crippen LogP contribution in [0.25, 0.3) is 0 Å². The Bertz CT molecular complexity index is 566. The molecule has 1 saturated heterocycles. The minimum Gasteiger partial charge on any atom is -0.481 e. The smallest absolute Gasteiger partial charge is 0.305 e. The molecule has 1 aliphatic rings. The largest absolute Gasteiger partial charge is 0.481 e. The lowest BCUT2D eigenvalue weighted by molar-refractivity contribution is -0.139. The van der Waals surface area contributed by atoms with Crippen LogP contribution in [0.1, 0.15) is 31.7 Å². The SMILES string of the molecule is CCC(Oc1cccc(C)c1)C(=O)NC1(CC(=O)O)CCOC1. The lowest BCUT2D eigenvalue weighted by atomic mass is 9.94. The van der Waals surface area contributed by atoms with Crippen molar-refractivity contribution in [3.8, 4) is 5.75 Å². The van der Waals surface area contributed by atoms with E-state index in [-0.39, 0.29) is 18.9 Å². The fourth-order valence-electron chi connectivity index (χ4n) is 2.70. The van der Waals surface area contributed by atoms with E-state index in [1.807, 2.05) is 32.0 Å². The van der Waals surface area contributed by atoms with Gasteiger partial charge < -0.3 is 19.9 Å². The lowest BCUT2D eigenvalue weighted by Gasteiger charge is -2.29. The van der Waals surface area contributed by atoms with Crippen LogP contribution in [-0.2, 0) is 14.3 Å². The number of carbonyl (C=O) groups excluding carboxylic acids is 1. The van der Waals surface area contributed by atoms with Crippen LogP contribution < -0.4 is 10.1 Å². The summed E-state index contributed by atoms with van der Waals surface area (Å²) in [6, 6.07) is 7.48. The molecule has 1 heterocycles. The summed E-state index contributed by atoms with van der Waals surface area (Å²) in [7, 11) is 0. The van der Waals surface area contributed by atoms with Gasteiger partial charge >= 0.3 is 5.97 Å². The Balaban J connectivity index is 2.05. The normalized spacial score (nSPS) is 21.7. The predicted octanol–water partition coefficient (Wildman–Crippen LogP) is 1.90. The summed E-state index contributed by atoms with van der Waals surface area (Å²) in [5.74, 6) is -0.633. The Kier molecular flexibility index (Phi) is 5.60. The Morgan fingerprint density at radius 1 is 1.48 bits per heavy atom. The van der Waals surface area contributed by atoms with Crippen molar-refractivity contribution in [3.05, 3.63) is 29.8 Å². The summed E-state index contributed by atoms with van der Waals surface area (Å²) in [6.07, 6.45) is 0.165. The number of carboxylic acids is 1. The van der Waals surface area contributed by atoms with Crippen LogP contribution >= 0.6 is 0 Å². The topological polar surface area (TPSA) is 84.9 Å². The first kappa shape index (κ1) is 17.3. The molecule has 0 spiro atoms. The third kappa shape index (κ3) is 4.69. The molecule has 0 saturated carbocycles. The first-order chi connectivity index (χ1) is 10.9. The Morgan fingerprint density at radius 3 is 2.83 bits per heavy atom. The van der Waals surface area contributed by atoms with Gasteiger partial charge in [0.15, 0.2) is 6.10 Å². The van der Waals surface area contributed by atoms with Crippen LogP contribution in [0.4, 0.5) is 0 Å². The first-order valence-electron chi connectivity index (χ1n) is 7.79. The molecule has 0 aliphatic carbocycles. The fourth-order valence-corrected chi connectivity index (χ4v) is 2.70. The number of hydrogen-bond acceptors (Lipinski definition) is 4. The molecule has 6 heteroatoms. The number of benzene rings is 1. The van der Waals surface area contributed by atoms with E-state index in [4.69, 9.17) is 14.6 Å². The average molecular weight is 321 g/mol. The Labute approximate surface area is 135 Å². The second-order valence-electron chi connectivity index (χ2n) is 5.97. The molecule has 126 valence electrons.